The van der Waals surface area contributed by atoms with Crippen LogP contribution in [0, 0.1) is 5.41 Å². The molecule has 0 aliphatic carbocycles. The highest BCUT2D eigenvalue weighted by Crippen LogP contribution is 2.37. The summed E-state index contributed by atoms with van der Waals surface area (Å²) in [5.74, 6) is -0.620. The van der Waals surface area contributed by atoms with Gasteiger partial charge in [0.2, 0.25) is 5.79 Å². The number of halogens is 1. The van der Waals surface area contributed by atoms with E-state index in [4.69, 9.17) is 25.8 Å². The van der Waals surface area contributed by atoms with E-state index in [2.05, 4.69) is 37.1 Å². The van der Waals surface area contributed by atoms with Gasteiger partial charge in [-0.15, -0.1) is 9.89 Å². The Labute approximate surface area is 347 Å². The lowest BCUT2D eigenvalue weighted by molar-refractivity contribution is -0.190. The van der Waals surface area contributed by atoms with Crippen molar-refractivity contribution in [3.63, 3.8) is 0 Å². The van der Waals surface area contributed by atoms with Gasteiger partial charge < -0.3 is 29.1 Å². The fourth-order valence-corrected chi connectivity index (χ4v) is 7.85. The Morgan fingerprint density at radius 3 is 2.19 bits per heavy atom. The molecular weight excluding hydrogens is 782 g/mol. The van der Waals surface area contributed by atoms with Crippen molar-refractivity contribution in [2.24, 2.45) is 5.41 Å². The van der Waals surface area contributed by atoms with Crippen LogP contribution in [-0.2, 0) is 26.6 Å². The fraction of sp³-hybridized carbons (Fsp3) is 0.439. The lowest BCUT2D eigenvalue weighted by atomic mass is 9.96. The molecule has 5 aromatic rings. The Bertz CT molecular complexity index is 2150. The van der Waals surface area contributed by atoms with Crippen molar-refractivity contribution < 1.29 is 24.1 Å². The number of aliphatic carboxylic acids is 1. The van der Waals surface area contributed by atoms with Crippen molar-refractivity contribution in [3.05, 3.63) is 113 Å². The summed E-state index contributed by atoms with van der Waals surface area (Å²) in [6.45, 7) is 10.7. The van der Waals surface area contributed by atoms with Crippen LogP contribution in [0.3, 0.4) is 0 Å². The first-order valence-electron chi connectivity index (χ1n) is 19.3. The number of hydrogen-bond acceptors (Lipinski definition) is 12. The SMILES string of the molecule is CSCC[C@@H](C(=O)O)N(CC(C)(C)C)n1ncn(-c2ccc(N3CCN(c4ccc(OC[C@@H]5CO[C@@](Cn6cncn6)(c6ccc(Cl)cc6)O5)cc4)CC3)cc2)c1=O. The smallest absolute Gasteiger partial charge is 0.370 e. The first-order valence-corrected chi connectivity index (χ1v) is 21.1. The highest BCUT2D eigenvalue weighted by Gasteiger charge is 2.44. The number of nitrogens with zero attached hydrogens (tertiary/aromatic N) is 9. The molecule has 7 rings (SSSR count). The molecule has 1 N–H and O–H groups in total. The highest BCUT2D eigenvalue weighted by atomic mass is 35.5. The number of carboxylic acid groups (broad SMARTS) is 1. The number of benzene rings is 3. The predicted octanol–water partition coefficient (Wildman–Crippen LogP) is 5.14. The molecular formula is C41H50ClN9O6S. The summed E-state index contributed by atoms with van der Waals surface area (Å²) in [5, 5.41) is 20.9. The number of aromatic nitrogens is 6. The van der Waals surface area contributed by atoms with Crippen LogP contribution in [-0.4, -0.2) is 110 Å². The minimum Gasteiger partial charge on any atom is -0.491 e. The molecule has 0 bridgehead atoms. The molecule has 4 heterocycles. The number of hydrogen-bond donors (Lipinski definition) is 1. The molecule has 3 atom stereocenters. The summed E-state index contributed by atoms with van der Waals surface area (Å²) in [4.78, 5) is 36.0. The van der Waals surface area contributed by atoms with E-state index < -0.39 is 23.5 Å². The maximum Gasteiger partial charge on any atom is 0.370 e. The molecule has 2 aliphatic heterocycles. The fourth-order valence-electron chi connectivity index (χ4n) is 7.27. The molecule has 3 aromatic carbocycles. The molecule has 0 unspecified atom stereocenters. The summed E-state index contributed by atoms with van der Waals surface area (Å²) in [6.07, 6.45) is 6.61. The van der Waals surface area contributed by atoms with E-state index in [1.54, 1.807) is 27.8 Å². The van der Waals surface area contributed by atoms with Crippen LogP contribution in [0.5, 0.6) is 5.75 Å². The predicted molar refractivity (Wildman–Crippen MR) is 225 cm³/mol. The summed E-state index contributed by atoms with van der Waals surface area (Å²) < 4.78 is 22.1. The second kappa shape index (κ2) is 17.9. The van der Waals surface area contributed by atoms with Gasteiger partial charge in [0, 0.05) is 54.7 Å². The minimum atomic E-state index is -1.04. The molecule has 2 aromatic heterocycles. The van der Waals surface area contributed by atoms with E-state index in [9.17, 15) is 14.7 Å². The van der Waals surface area contributed by atoms with Gasteiger partial charge in [-0.3, -0.25) is 5.01 Å². The van der Waals surface area contributed by atoms with E-state index in [1.165, 1.54) is 22.0 Å². The number of ether oxygens (including phenoxy) is 3. The van der Waals surface area contributed by atoms with Gasteiger partial charge in [-0.1, -0.05) is 44.5 Å². The van der Waals surface area contributed by atoms with Gasteiger partial charge in [-0.05, 0) is 84.5 Å². The Kier molecular flexibility index (Phi) is 12.7. The molecule has 58 heavy (non-hydrogen) atoms. The number of piperazine rings is 1. The average Bonchev–Trinajstić information content (AvgIpc) is 3.98. The van der Waals surface area contributed by atoms with E-state index in [-0.39, 0.29) is 11.5 Å². The Balaban J connectivity index is 0.929. The summed E-state index contributed by atoms with van der Waals surface area (Å²) in [7, 11) is 0. The molecule has 17 heteroatoms. The number of thioether (sulfide) groups is 1. The molecule has 308 valence electrons. The third-order valence-corrected chi connectivity index (χ3v) is 11.1. The van der Waals surface area contributed by atoms with Crippen LogP contribution in [0.2, 0.25) is 5.02 Å². The van der Waals surface area contributed by atoms with Gasteiger partial charge in [-0.25, -0.2) is 23.8 Å². The lowest BCUT2D eigenvalue weighted by Crippen LogP contribution is -2.56. The number of anilines is 2. The number of carbonyl (C=O) groups is 1. The lowest BCUT2D eigenvalue weighted by Gasteiger charge is -2.37. The number of rotatable bonds is 16. The molecule has 2 aliphatic rings. The van der Waals surface area contributed by atoms with Crippen LogP contribution >= 0.6 is 23.4 Å². The Morgan fingerprint density at radius 2 is 1.60 bits per heavy atom. The van der Waals surface area contributed by atoms with Crippen LogP contribution in [0.1, 0.15) is 32.8 Å². The van der Waals surface area contributed by atoms with E-state index in [0.717, 1.165) is 48.9 Å². The Morgan fingerprint density at radius 1 is 0.966 bits per heavy atom. The molecule has 2 fully saturated rings. The largest absolute Gasteiger partial charge is 0.491 e. The summed E-state index contributed by atoms with van der Waals surface area (Å²) in [6, 6.07) is 22.5. The monoisotopic (exact) mass is 831 g/mol. The van der Waals surface area contributed by atoms with Crippen molar-refractivity contribution in [3.8, 4) is 11.4 Å². The van der Waals surface area contributed by atoms with Crippen LogP contribution < -0.4 is 25.2 Å². The molecule has 15 nitrogen and oxygen atoms in total. The second-order valence-corrected chi connectivity index (χ2v) is 17.1. The van der Waals surface area contributed by atoms with Gasteiger partial charge in [-0.2, -0.15) is 16.9 Å². The van der Waals surface area contributed by atoms with E-state index in [0.29, 0.717) is 49.2 Å². The standard InChI is InChI=1S/C41H50ClN9O6S/c1-40(2,3)25-50(37(38(52)53)17-22-58-4)51-39(54)49(29-45-51)34-11-9-32(10-12-34)46-18-20-47(21-19-46)33-13-15-35(16-14-33)55-23-36-24-56-41(57-36,26-48-28-43-27-44-48)30-5-7-31(42)8-6-30/h5-16,27-29,36-37H,17-26H2,1-4H3,(H,52,53)/t36-,37+,41-/m1/s1. The van der Waals surface area contributed by atoms with Crippen molar-refractivity contribution in [1.29, 1.82) is 0 Å². The van der Waals surface area contributed by atoms with Gasteiger partial charge in [0.15, 0.2) is 0 Å². The highest BCUT2D eigenvalue weighted by molar-refractivity contribution is 7.98. The van der Waals surface area contributed by atoms with Gasteiger partial charge in [0.05, 0.1) is 12.3 Å². The summed E-state index contributed by atoms with van der Waals surface area (Å²) in [5.41, 5.74) is 3.00. The van der Waals surface area contributed by atoms with Gasteiger partial charge >= 0.3 is 11.7 Å². The minimum absolute atomic E-state index is 0.267. The van der Waals surface area contributed by atoms with Crippen molar-refractivity contribution in [2.45, 2.75) is 51.7 Å². The van der Waals surface area contributed by atoms with Crippen molar-refractivity contribution >= 4 is 40.7 Å². The Hall–Kier alpha value is -5.03. The molecule has 0 radical (unpaired) electrons. The first-order chi connectivity index (χ1) is 27.9. The van der Waals surface area contributed by atoms with Crippen LogP contribution in [0.15, 0.2) is 96.6 Å². The molecule has 0 spiro atoms. The van der Waals surface area contributed by atoms with Crippen LogP contribution in [0.4, 0.5) is 11.4 Å². The molecule has 0 saturated carbocycles. The van der Waals surface area contributed by atoms with Crippen molar-refractivity contribution in [2.75, 3.05) is 72.8 Å². The third kappa shape index (κ3) is 9.63. The van der Waals surface area contributed by atoms with E-state index >= 15 is 0 Å². The molecule has 2 saturated heterocycles. The zero-order valence-corrected chi connectivity index (χ0v) is 34.8. The third-order valence-electron chi connectivity index (χ3n) is 10.2. The average molecular weight is 832 g/mol. The number of carboxylic acids is 1. The maximum absolute atomic E-state index is 13.7. The second-order valence-electron chi connectivity index (χ2n) is 15.7. The quantitative estimate of drug-likeness (QED) is 0.140. The van der Waals surface area contributed by atoms with Crippen molar-refractivity contribution in [1.82, 2.24) is 29.2 Å². The van der Waals surface area contributed by atoms with Gasteiger partial charge in [0.25, 0.3) is 0 Å². The topological polar surface area (TPSA) is 145 Å². The zero-order valence-electron chi connectivity index (χ0n) is 33.2. The maximum atomic E-state index is 13.7. The first kappa shape index (κ1) is 41.1. The zero-order chi connectivity index (χ0) is 40.9. The van der Waals surface area contributed by atoms with Crippen LogP contribution in [0.25, 0.3) is 5.69 Å². The van der Waals surface area contributed by atoms with Gasteiger partial charge in [0.1, 0.15) is 50.0 Å². The van der Waals surface area contributed by atoms with E-state index in [1.807, 2.05) is 87.7 Å². The normalized spacial score (nSPS) is 19.0. The molecule has 0 amide bonds. The summed E-state index contributed by atoms with van der Waals surface area (Å²) >= 11 is 7.73.